The van der Waals surface area contributed by atoms with Crippen LogP contribution in [0.3, 0.4) is 0 Å². The molecule has 0 atom stereocenters. The predicted molar refractivity (Wildman–Crippen MR) is 133 cm³/mol. The number of benzene rings is 3. The van der Waals surface area contributed by atoms with Crippen LogP contribution in [0.2, 0.25) is 0 Å². The van der Waals surface area contributed by atoms with Gasteiger partial charge in [0.25, 0.3) is 0 Å². The van der Waals surface area contributed by atoms with Crippen LogP contribution in [-0.4, -0.2) is 21.4 Å². The molecule has 1 aromatic heterocycles. The third-order valence-electron chi connectivity index (χ3n) is 6.06. The third kappa shape index (κ3) is 4.45. The average Bonchev–Trinajstić information content (AvgIpc) is 2.88. The zero-order chi connectivity index (χ0) is 23.3. The van der Waals surface area contributed by atoms with Crippen molar-refractivity contribution in [1.82, 2.24) is 9.97 Å². The zero-order valence-electron chi connectivity index (χ0n) is 18.7. The van der Waals surface area contributed by atoms with E-state index in [1.165, 1.54) is 11.9 Å². The fourth-order valence-electron chi connectivity index (χ4n) is 4.52. The molecule has 0 saturated heterocycles. The van der Waals surface area contributed by atoms with Crippen molar-refractivity contribution in [3.8, 4) is 0 Å². The van der Waals surface area contributed by atoms with Crippen LogP contribution in [0, 0.1) is 10.1 Å². The van der Waals surface area contributed by atoms with E-state index in [0.717, 1.165) is 29.7 Å². The molecule has 34 heavy (non-hydrogen) atoms. The topological polar surface area (TPSA) is 75.4 Å². The summed E-state index contributed by atoms with van der Waals surface area (Å²) in [5, 5.41) is 12.5. The van der Waals surface area contributed by atoms with Gasteiger partial charge in [-0.1, -0.05) is 78.9 Å². The van der Waals surface area contributed by atoms with Crippen LogP contribution in [-0.2, 0) is 19.5 Å². The number of hydrogen-bond acceptors (Lipinski definition) is 6. The summed E-state index contributed by atoms with van der Waals surface area (Å²) in [6.07, 6.45) is 3.30. The highest BCUT2D eigenvalue weighted by Gasteiger charge is 2.32. The molecule has 7 nitrogen and oxygen atoms in total. The van der Waals surface area contributed by atoms with Gasteiger partial charge < -0.3 is 9.80 Å². The second kappa shape index (κ2) is 9.70. The van der Waals surface area contributed by atoms with Crippen LogP contribution in [0.5, 0.6) is 0 Å². The number of para-hydroxylation sites is 1. The Morgan fingerprint density at radius 2 is 1.47 bits per heavy atom. The highest BCUT2D eigenvalue weighted by molar-refractivity contribution is 5.78. The molecule has 7 heteroatoms. The van der Waals surface area contributed by atoms with Crippen LogP contribution < -0.4 is 9.80 Å². The van der Waals surface area contributed by atoms with Gasteiger partial charge in [-0.25, -0.2) is 9.97 Å². The first-order chi connectivity index (χ1) is 16.7. The van der Waals surface area contributed by atoms with E-state index in [0.29, 0.717) is 31.3 Å². The van der Waals surface area contributed by atoms with Crippen LogP contribution >= 0.6 is 0 Å². The van der Waals surface area contributed by atoms with Gasteiger partial charge in [0.2, 0.25) is 11.6 Å². The number of anilines is 3. The van der Waals surface area contributed by atoms with E-state index in [2.05, 4.69) is 16.0 Å². The van der Waals surface area contributed by atoms with Crippen molar-refractivity contribution >= 4 is 23.0 Å². The van der Waals surface area contributed by atoms with E-state index in [4.69, 9.17) is 0 Å². The monoisotopic (exact) mass is 451 g/mol. The minimum atomic E-state index is -0.342. The van der Waals surface area contributed by atoms with E-state index in [1.807, 2.05) is 88.7 Å². The summed E-state index contributed by atoms with van der Waals surface area (Å²) in [5.41, 5.74) is 4.19. The first kappa shape index (κ1) is 21.6. The number of fused-ring (bicyclic) bond motifs is 1. The Morgan fingerprint density at radius 1 is 0.853 bits per heavy atom. The van der Waals surface area contributed by atoms with Crippen LogP contribution in [0.25, 0.3) is 0 Å². The van der Waals surface area contributed by atoms with Gasteiger partial charge in [0.05, 0.1) is 4.92 Å². The quantitative estimate of drug-likeness (QED) is 0.266. The number of aryl methyl sites for hydroxylation is 1. The molecule has 0 fully saturated rings. The molecule has 0 saturated carbocycles. The molecule has 0 unspecified atom stereocenters. The van der Waals surface area contributed by atoms with Crippen molar-refractivity contribution in [1.29, 1.82) is 0 Å². The normalized spacial score (nSPS) is 12.8. The highest BCUT2D eigenvalue weighted by Crippen LogP contribution is 2.41. The van der Waals surface area contributed by atoms with Crippen LogP contribution in [0.4, 0.5) is 23.0 Å². The fourth-order valence-corrected chi connectivity index (χ4v) is 4.52. The molecule has 1 aliphatic heterocycles. The molecule has 2 heterocycles. The van der Waals surface area contributed by atoms with E-state index in [1.54, 1.807) is 0 Å². The lowest BCUT2D eigenvalue weighted by Crippen LogP contribution is -2.28. The smallest absolute Gasteiger partial charge is 0.342 e. The van der Waals surface area contributed by atoms with Crippen molar-refractivity contribution < 1.29 is 4.92 Å². The molecular weight excluding hydrogens is 426 g/mol. The van der Waals surface area contributed by atoms with Gasteiger partial charge in [-0.2, -0.15) is 0 Å². The standard InChI is InChI=1S/C27H25N5O2/c33-32(34)25-26(28-20-29-27(25)31-17-9-15-23-14-7-8-16-24(23)31)30(18-21-10-3-1-4-11-21)19-22-12-5-2-6-13-22/h1-8,10-14,16,20H,9,15,17-19H2. The summed E-state index contributed by atoms with van der Waals surface area (Å²) in [7, 11) is 0. The Morgan fingerprint density at radius 3 is 2.12 bits per heavy atom. The maximum absolute atomic E-state index is 12.5. The van der Waals surface area contributed by atoms with Crippen molar-refractivity contribution in [2.45, 2.75) is 25.9 Å². The van der Waals surface area contributed by atoms with Gasteiger partial charge >= 0.3 is 5.69 Å². The number of hydrogen-bond donors (Lipinski definition) is 0. The Hall–Kier alpha value is -4.26. The van der Waals surface area contributed by atoms with Crippen LogP contribution in [0.1, 0.15) is 23.1 Å². The molecule has 0 N–H and O–H groups in total. The second-order valence-corrected chi connectivity index (χ2v) is 8.34. The lowest BCUT2D eigenvalue weighted by Gasteiger charge is -2.31. The maximum atomic E-state index is 12.5. The summed E-state index contributed by atoms with van der Waals surface area (Å²) in [5.74, 6) is 0.666. The molecule has 4 aromatic rings. The third-order valence-corrected chi connectivity index (χ3v) is 6.06. The molecule has 1 aliphatic rings. The maximum Gasteiger partial charge on any atom is 0.354 e. The van der Waals surface area contributed by atoms with E-state index >= 15 is 0 Å². The van der Waals surface area contributed by atoms with E-state index in [9.17, 15) is 10.1 Å². The van der Waals surface area contributed by atoms with Crippen molar-refractivity contribution in [2.24, 2.45) is 0 Å². The largest absolute Gasteiger partial charge is 0.354 e. The summed E-state index contributed by atoms with van der Waals surface area (Å²) < 4.78 is 0. The molecule has 0 aliphatic carbocycles. The lowest BCUT2D eigenvalue weighted by molar-refractivity contribution is -0.383. The first-order valence-corrected chi connectivity index (χ1v) is 11.4. The zero-order valence-corrected chi connectivity index (χ0v) is 18.7. The fraction of sp³-hybridized carbons (Fsp3) is 0.185. The van der Waals surface area contributed by atoms with E-state index in [-0.39, 0.29) is 10.6 Å². The minimum absolute atomic E-state index is 0.0638. The molecule has 0 bridgehead atoms. The molecule has 3 aromatic carbocycles. The van der Waals surface area contributed by atoms with Gasteiger partial charge in [-0.15, -0.1) is 0 Å². The average molecular weight is 452 g/mol. The Balaban J connectivity index is 1.61. The van der Waals surface area contributed by atoms with Gasteiger partial charge in [0, 0.05) is 25.3 Å². The molecule has 0 amide bonds. The van der Waals surface area contributed by atoms with E-state index < -0.39 is 0 Å². The SMILES string of the molecule is O=[N+]([O-])c1c(N(Cc2ccccc2)Cc2ccccc2)ncnc1N1CCCc2ccccc21. The molecule has 0 spiro atoms. The minimum Gasteiger partial charge on any atom is -0.342 e. The van der Waals surface area contributed by atoms with Gasteiger partial charge in [-0.3, -0.25) is 10.1 Å². The summed E-state index contributed by atoms with van der Waals surface area (Å²) >= 11 is 0. The molecule has 5 rings (SSSR count). The molecule has 0 radical (unpaired) electrons. The number of nitrogens with zero attached hydrogens (tertiary/aromatic N) is 5. The number of aromatic nitrogens is 2. The molecule has 170 valence electrons. The number of nitro groups is 1. The summed E-state index contributed by atoms with van der Waals surface area (Å²) in [6, 6.07) is 27.9. The van der Waals surface area contributed by atoms with Crippen molar-refractivity contribution in [2.75, 3.05) is 16.3 Å². The van der Waals surface area contributed by atoms with Crippen molar-refractivity contribution in [3.05, 3.63) is 118 Å². The van der Waals surface area contributed by atoms with Gasteiger partial charge in [0.1, 0.15) is 6.33 Å². The summed E-state index contributed by atoms with van der Waals surface area (Å²) in [6.45, 7) is 1.65. The van der Waals surface area contributed by atoms with Crippen LogP contribution in [0.15, 0.2) is 91.3 Å². The Labute approximate surface area is 198 Å². The Bertz CT molecular complexity index is 1240. The number of rotatable bonds is 7. The van der Waals surface area contributed by atoms with Crippen molar-refractivity contribution in [3.63, 3.8) is 0 Å². The van der Waals surface area contributed by atoms with Gasteiger partial charge in [-0.05, 0) is 35.6 Å². The van der Waals surface area contributed by atoms with Gasteiger partial charge in [0.15, 0.2) is 0 Å². The lowest BCUT2D eigenvalue weighted by atomic mass is 10.0. The highest BCUT2D eigenvalue weighted by atomic mass is 16.6. The first-order valence-electron chi connectivity index (χ1n) is 11.4. The predicted octanol–water partition coefficient (Wildman–Crippen LogP) is 5.68. The Kier molecular flexibility index (Phi) is 6.16. The second-order valence-electron chi connectivity index (χ2n) is 8.34. The molecular formula is C27H25N5O2. The summed E-state index contributed by atoms with van der Waals surface area (Å²) in [4.78, 5) is 24.9.